The van der Waals surface area contributed by atoms with E-state index in [0.717, 1.165) is 27.7 Å². The van der Waals surface area contributed by atoms with Crippen LogP contribution in [0.2, 0.25) is 0 Å². The van der Waals surface area contributed by atoms with Crippen molar-refractivity contribution in [3.8, 4) is 0 Å². The van der Waals surface area contributed by atoms with Gasteiger partial charge in [-0.3, -0.25) is 139 Å². The molecule has 0 aromatic carbocycles. The highest BCUT2D eigenvalue weighted by atomic mass is 16.6. The van der Waals surface area contributed by atoms with E-state index in [1.807, 2.05) is 0 Å². The predicted molar refractivity (Wildman–Crippen MR) is 387 cm³/mol. The minimum atomic E-state index is -1.53. The van der Waals surface area contributed by atoms with Gasteiger partial charge in [-0.25, -0.2) is 4.79 Å². The highest BCUT2D eigenvalue weighted by molar-refractivity contribution is 6.02. The fourth-order valence-electron chi connectivity index (χ4n) is 8.93. The molecule has 0 spiro atoms. The Labute approximate surface area is 698 Å². The lowest BCUT2D eigenvalue weighted by molar-refractivity contribution is -0.169. The van der Waals surface area contributed by atoms with E-state index in [2.05, 4.69) is 72.9 Å². The van der Waals surface area contributed by atoms with Crippen LogP contribution in [0.3, 0.4) is 0 Å². The molecule has 0 aromatic rings. The summed E-state index contributed by atoms with van der Waals surface area (Å²) in [6, 6.07) is 0. The van der Waals surface area contributed by atoms with Crippen molar-refractivity contribution < 1.29 is 220 Å². The Bertz CT molecular complexity index is 4030. The fraction of sp³-hybridized carbons (Fsp3) is 0.584. The predicted octanol–water partition coefficient (Wildman–Crippen LogP) is 3.09. The molecule has 0 aromatic heterocycles. The number of hydrogen-bond donors (Lipinski definition) is 2. The molecule has 0 amide bonds. The average Bonchev–Trinajstić information content (AvgIpc) is 0.892. The Kier molecular flexibility index (Phi) is 52.2. The lowest BCUT2D eigenvalue weighted by atomic mass is 10.1. The quantitative estimate of drug-likeness (QED) is 0.0290. The summed E-state index contributed by atoms with van der Waals surface area (Å²) in [4.78, 5) is 363. The normalized spacial score (nSPS) is 12.5. The van der Waals surface area contributed by atoms with Crippen LogP contribution < -0.4 is 0 Å². The molecule has 0 heterocycles. The Morgan fingerprint density at radius 3 is 0.496 bits per heavy atom. The van der Waals surface area contributed by atoms with Gasteiger partial charge in [0.1, 0.15) is 0 Å². The highest BCUT2D eigenvalue weighted by Crippen LogP contribution is 2.19. The van der Waals surface area contributed by atoms with Gasteiger partial charge >= 0.3 is 179 Å². The van der Waals surface area contributed by atoms with Crippen LogP contribution in [0.25, 0.3) is 0 Å². The van der Waals surface area contributed by atoms with Crippen molar-refractivity contribution in [2.24, 2.45) is 47.3 Å². The minimum absolute atomic E-state index is 0.0656. The summed E-state index contributed by atoms with van der Waals surface area (Å²) in [6.07, 6.45) is -14.4. The molecule has 0 aliphatic rings. The summed E-state index contributed by atoms with van der Waals surface area (Å²) in [5, 5.41) is 17.4. The second kappa shape index (κ2) is 58.5. The van der Waals surface area contributed by atoms with Crippen molar-refractivity contribution in [2.75, 3.05) is 0 Å². The fourth-order valence-corrected chi connectivity index (χ4v) is 8.93. The second-order valence-corrected chi connectivity index (χ2v) is 27.6. The average molecular weight is 1760 g/mol. The Balaban J connectivity index is 4.51. The van der Waals surface area contributed by atoms with Gasteiger partial charge in [-0.1, -0.05) is 62.0 Å². The van der Waals surface area contributed by atoms with Gasteiger partial charge < -0.3 is 76.5 Å². The Morgan fingerprint density at radius 2 is 0.325 bits per heavy atom. The standard InChI is InChI=1S/C77H94O46/c1-39(30-48(78)79)69(101)115-54(86)22-14-24-56(88)117-71(103)41(3)32-62(94)110-50(82)18-10-12-20-52(84)112-64(96)34-43(5)73(105)119-58(90)26-16-28-60(92)121-75(107)45(7)36-66(98)114-67(99)37-46(8)77(109)123-68(100)38-47(9)76(108)122-61(93)29-17-27-59(91)120-74(106)44(6)35-65(97)113-53(85)21-13-11-19-51(83)111-63(95)33-42(4)72(104)118-57(89)25-15-23-55(87)116-70(102)40(2)31-49(80)81/h39-45,47H,8,10-38H2,1-7,9H3,(H,78,79)(H,80,81). The number of rotatable bonds is 53. The number of hydrogen-bond acceptors (Lipinski definition) is 44. The van der Waals surface area contributed by atoms with Crippen LogP contribution in [0.5, 0.6) is 0 Å². The molecule has 0 fully saturated rings. The first-order valence-electron chi connectivity index (χ1n) is 37.9. The van der Waals surface area contributed by atoms with Gasteiger partial charge in [-0.05, 0) is 51.4 Å². The summed E-state index contributed by atoms with van der Waals surface area (Å²) < 4.78 is 64.3. The van der Waals surface area contributed by atoms with Gasteiger partial charge in [0.2, 0.25) is 0 Å². The molecular formula is C77H94O46. The van der Waals surface area contributed by atoms with Crippen molar-refractivity contribution in [1.29, 1.82) is 0 Å². The van der Waals surface area contributed by atoms with Crippen LogP contribution in [0.15, 0.2) is 12.2 Å². The van der Waals surface area contributed by atoms with Crippen molar-refractivity contribution in [2.45, 2.75) is 242 Å². The smallest absolute Gasteiger partial charge is 0.341 e. The molecule has 0 rings (SSSR count). The molecule has 46 nitrogen and oxygen atoms in total. The molecule has 8 atom stereocenters. The topological polar surface area (TPSA) is 682 Å². The third kappa shape index (κ3) is 53.0. The van der Waals surface area contributed by atoms with Gasteiger partial charge in [-0.2, -0.15) is 0 Å². The third-order valence-corrected chi connectivity index (χ3v) is 15.8. The van der Waals surface area contributed by atoms with Gasteiger partial charge in [-0.15, -0.1) is 0 Å². The number of aliphatic carboxylic acids is 2. The molecule has 0 aliphatic carbocycles. The van der Waals surface area contributed by atoms with E-state index >= 15 is 0 Å². The highest BCUT2D eigenvalue weighted by Gasteiger charge is 2.33. The molecule has 678 valence electrons. The van der Waals surface area contributed by atoms with E-state index in [0.29, 0.717) is 0 Å². The molecule has 0 aliphatic heterocycles. The zero-order chi connectivity index (χ0) is 93.9. The summed E-state index contributed by atoms with van der Waals surface area (Å²) >= 11 is 0. The SMILES string of the molecule is C=C(CC(=O)OC(=O)CC(C)C(=O)OC(=O)CCCC(=O)OC(=O)C(C)CC(=O)OC(=O)CCCCC(=O)OC(=O)CC(C)C(=O)OC(=O)CCCC(=O)OC(=O)C(C)CC(=O)O)C(=O)OC(=O)CC(C)C(=O)OC(=O)CCCC(=O)OC(=O)C(C)CC(=O)OC(=O)CCCCC(=O)OC(=O)CC(C)C(=O)OC(=O)CCCC(=O)OC(=O)C(C)CC(=O)O. The van der Waals surface area contributed by atoms with Gasteiger partial charge in [0.15, 0.2) is 0 Å². The zero-order valence-corrected chi connectivity index (χ0v) is 68.2. The van der Waals surface area contributed by atoms with E-state index in [-0.39, 0.29) is 51.4 Å². The van der Waals surface area contributed by atoms with Crippen LogP contribution in [0, 0.1) is 47.3 Å². The summed E-state index contributed by atoms with van der Waals surface area (Å²) in [7, 11) is 0. The Hall–Kier alpha value is -13.4. The number of carboxylic acid groups (broad SMARTS) is 2. The maximum atomic E-state index is 12.5. The van der Waals surface area contributed by atoms with Crippen molar-refractivity contribution in [3.63, 3.8) is 0 Å². The molecule has 0 radical (unpaired) electrons. The van der Waals surface area contributed by atoms with Gasteiger partial charge in [0.25, 0.3) is 0 Å². The first-order chi connectivity index (χ1) is 57.3. The van der Waals surface area contributed by atoms with E-state index < -0.39 is 367 Å². The number of carbonyl (C=O) groups excluding carboxylic acids is 28. The largest absolute Gasteiger partial charge is 0.481 e. The lowest BCUT2D eigenvalue weighted by Gasteiger charge is -2.11. The number of ether oxygens (including phenoxy) is 14. The second-order valence-electron chi connectivity index (χ2n) is 27.6. The van der Waals surface area contributed by atoms with E-state index in [1.54, 1.807) is 0 Å². The van der Waals surface area contributed by atoms with E-state index in [9.17, 15) is 144 Å². The molecular weight excluding hydrogens is 1660 g/mol. The number of esters is 28. The van der Waals surface area contributed by atoms with E-state index in [4.69, 9.17) is 10.2 Å². The first-order valence-corrected chi connectivity index (χ1v) is 37.9. The number of carbonyl (C=O) groups is 30. The number of unbranched alkanes of at least 4 members (excludes halogenated alkanes) is 2. The van der Waals surface area contributed by atoms with Crippen LogP contribution in [-0.4, -0.2) is 189 Å². The third-order valence-electron chi connectivity index (χ3n) is 15.8. The summed E-state index contributed by atoms with van der Waals surface area (Å²) in [5.41, 5.74) is -0.754. The van der Waals surface area contributed by atoms with Crippen molar-refractivity contribution in [3.05, 3.63) is 12.2 Å². The number of carboxylic acids is 2. The minimum Gasteiger partial charge on any atom is -0.481 e. The lowest BCUT2D eigenvalue weighted by Crippen LogP contribution is -2.25. The molecule has 8 unspecified atom stereocenters. The Morgan fingerprint density at radius 1 is 0.187 bits per heavy atom. The monoisotopic (exact) mass is 1750 g/mol. The maximum absolute atomic E-state index is 12.5. The molecule has 123 heavy (non-hydrogen) atoms. The molecule has 0 saturated heterocycles. The van der Waals surface area contributed by atoms with Crippen LogP contribution >= 0.6 is 0 Å². The molecule has 0 saturated carbocycles. The van der Waals surface area contributed by atoms with Crippen LogP contribution in [-0.2, 0) is 210 Å². The van der Waals surface area contributed by atoms with Crippen LogP contribution in [0.4, 0.5) is 0 Å². The first kappa shape index (κ1) is 110. The molecule has 46 heteroatoms. The zero-order valence-electron chi connectivity index (χ0n) is 68.2. The molecule has 2 N–H and O–H groups in total. The summed E-state index contributed by atoms with van der Waals surface area (Å²) in [5.74, 6) is -46.5. The molecule has 0 bridgehead atoms. The van der Waals surface area contributed by atoms with Crippen molar-refractivity contribution >= 4 is 179 Å². The van der Waals surface area contributed by atoms with Gasteiger partial charge in [0, 0.05) is 82.6 Å². The van der Waals surface area contributed by atoms with E-state index in [1.165, 1.54) is 27.7 Å². The maximum Gasteiger partial charge on any atom is 0.341 e. The van der Waals surface area contributed by atoms with Crippen molar-refractivity contribution in [1.82, 2.24) is 0 Å². The van der Waals surface area contributed by atoms with Crippen LogP contribution in [0.1, 0.15) is 242 Å². The summed E-state index contributed by atoms with van der Waals surface area (Å²) in [6.45, 7) is 12.5. The van der Waals surface area contributed by atoms with Gasteiger partial charge in [0.05, 0.1) is 105 Å².